The molecule has 0 spiro atoms. The zero-order valence-electron chi connectivity index (χ0n) is 6.63. The summed E-state index contributed by atoms with van der Waals surface area (Å²) in [6.07, 6.45) is -1.37. The minimum absolute atomic E-state index is 0.468. The van der Waals surface area contributed by atoms with Crippen LogP contribution in [0.25, 0.3) is 0 Å². The molecule has 0 heterocycles. The van der Waals surface area contributed by atoms with Gasteiger partial charge in [-0.15, -0.1) is 0 Å². The second-order valence-electron chi connectivity index (χ2n) is 2.38. The van der Waals surface area contributed by atoms with Gasteiger partial charge >= 0.3 is 11.9 Å². The van der Waals surface area contributed by atoms with E-state index < -0.39 is 38.3 Å². The number of carboxylic acid groups (broad SMARTS) is 2. The molecule has 1 atom stereocenters. The average Bonchev–Trinajstić information content (AvgIpc) is 1.81. The van der Waals surface area contributed by atoms with Gasteiger partial charge in [-0.05, 0) is 0 Å². The molecule has 0 saturated heterocycles. The Kier molecular flexibility index (Phi) is 4.61. The molecule has 4 N–H and O–H groups in total. The van der Waals surface area contributed by atoms with Crippen molar-refractivity contribution in [1.82, 2.24) is 5.32 Å². The molecular weight excluding hydrogens is 201 g/mol. The molecule has 0 aromatic rings. The Balaban J connectivity index is 3.82. The maximum absolute atomic E-state index is 10.9. The van der Waals surface area contributed by atoms with Gasteiger partial charge in [0.25, 0.3) is 0 Å². The number of nitrogens with one attached hydrogen (secondary N) is 1. The van der Waals surface area contributed by atoms with E-state index >= 15 is 0 Å². The van der Waals surface area contributed by atoms with Crippen LogP contribution in [0.4, 0.5) is 0 Å². The van der Waals surface area contributed by atoms with Crippen molar-refractivity contribution in [1.29, 1.82) is 0 Å². The fraction of sp³-hybridized carbons (Fsp3) is 0.600. The summed E-state index contributed by atoms with van der Waals surface area (Å²) in [6.45, 7) is -0.468. The van der Waals surface area contributed by atoms with Crippen molar-refractivity contribution in [2.24, 2.45) is 0 Å². The largest absolute Gasteiger partial charge is 0.481 e. The summed E-state index contributed by atoms with van der Waals surface area (Å²) in [5.74, 6) is -2.56. The molecule has 0 bridgehead atoms. The third-order valence-corrected chi connectivity index (χ3v) is 2.50. The van der Waals surface area contributed by atoms with Crippen LogP contribution in [0.5, 0.6) is 0 Å². The maximum atomic E-state index is 10.9. The van der Waals surface area contributed by atoms with Gasteiger partial charge in [0, 0.05) is 0 Å². The van der Waals surface area contributed by atoms with Gasteiger partial charge in [0.15, 0.2) is 0 Å². The van der Waals surface area contributed by atoms with Crippen LogP contribution in [0, 0.1) is 0 Å². The summed E-state index contributed by atoms with van der Waals surface area (Å²) < 4.78 is 10.9. The molecule has 8 heteroatoms. The van der Waals surface area contributed by atoms with E-state index in [4.69, 9.17) is 15.1 Å². The van der Waals surface area contributed by atoms with Crippen LogP contribution in [0.3, 0.4) is 0 Å². The van der Waals surface area contributed by atoms with Crippen LogP contribution in [0.2, 0.25) is 0 Å². The molecule has 0 rings (SSSR count). The van der Waals surface area contributed by atoms with Gasteiger partial charge in [-0.3, -0.25) is 19.5 Å². The second-order valence-corrected chi connectivity index (χ2v) is 4.70. The molecule has 0 fully saturated rings. The molecule has 0 saturated carbocycles. The number of carbonyl (C=O) groups is 2. The summed E-state index contributed by atoms with van der Waals surface area (Å²) >= 11 is 0. The van der Waals surface area contributed by atoms with Crippen LogP contribution in [-0.2, 0) is 14.2 Å². The van der Waals surface area contributed by atoms with E-state index in [-0.39, 0.29) is 0 Å². The number of rotatable bonds is 6. The Labute approximate surface area is 73.8 Å². The Hall–Kier alpha value is -0.910. The average molecular weight is 211 g/mol. The van der Waals surface area contributed by atoms with E-state index in [1.165, 1.54) is 0 Å². The van der Waals surface area contributed by atoms with E-state index in [1.807, 2.05) is 0 Å². The first-order valence-corrected chi connectivity index (χ1v) is 5.31. The number of hydrogen-bond donors (Lipinski definition) is 4. The monoisotopic (exact) mass is 211 g/mol. The summed E-state index contributed by atoms with van der Waals surface area (Å²) in [7, 11) is -3.78. The van der Waals surface area contributed by atoms with Crippen molar-refractivity contribution < 1.29 is 29.3 Å². The highest BCUT2D eigenvalue weighted by Crippen LogP contribution is 2.37. The lowest BCUT2D eigenvalue weighted by molar-refractivity contribution is -0.136. The van der Waals surface area contributed by atoms with Gasteiger partial charge < -0.3 is 15.1 Å². The van der Waals surface area contributed by atoms with Crippen molar-refractivity contribution in [3.05, 3.63) is 0 Å². The van der Waals surface area contributed by atoms with Gasteiger partial charge in [0.1, 0.15) is 6.16 Å². The van der Waals surface area contributed by atoms with Crippen LogP contribution in [0.15, 0.2) is 0 Å². The molecule has 0 aliphatic heterocycles. The highest BCUT2D eigenvalue weighted by atomic mass is 31.2. The number of aliphatic carboxylic acids is 2. The van der Waals surface area contributed by atoms with Crippen LogP contribution < -0.4 is 5.32 Å². The van der Waals surface area contributed by atoms with E-state index in [9.17, 15) is 14.2 Å². The third kappa shape index (κ3) is 7.45. The van der Waals surface area contributed by atoms with E-state index in [2.05, 4.69) is 5.32 Å². The first-order valence-electron chi connectivity index (χ1n) is 3.28. The third-order valence-electron chi connectivity index (χ3n) is 1.02. The standard InChI is InChI=1S/C5H10NO6P/c7-4(8)1-6-3-13(11,12)2-5(9)10/h6H,1-3H2,(H,7,8)(H,9,10)(H,11,12). The fourth-order valence-corrected chi connectivity index (χ4v) is 1.60. The van der Waals surface area contributed by atoms with E-state index in [0.717, 1.165) is 0 Å². The minimum atomic E-state index is -3.78. The van der Waals surface area contributed by atoms with Crippen molar-refractivity contribution in [2.75, 3.05) is 19.0 Å². The Bertz CT molecular complexity index is 251. The fourth-order valence-electron chi connectivity index (χ4n) is 0.605. The Morgan fingerprint density at radius 1 is 1.23 bits per heavy atom. The lowest BCUT2D eigenvalue weighted by Gasteiger charge is -2.08. The predicted molar refractivity (Wildman–Crippen MR) is 42.8 cm³/mol. The summed E-state index contributed by atoms with van der Waals surface area (Å²) in [6, 6.07) is 0. The van der Waals surface area contributed by atoms with Gasteiger partial charge in [-0.25, -0.2) is 0 Å². The summed E-state index contributed by atoms with van der Waals surface area (Å²) in [4.78, 5) is 28.9. The molecule has 0 aliphatic carbocycles. The normalized spacial score (nSPS) is 14.8. The topological polar surface area (TPSA) is 124 Å². The molecule has 0 amide bonds. The number of hydrogen-bond acceptors (Lipinski definition) is 4. The zero-order valence-corrected chi connectivity index (χ0v) is 7.53. The summed E-state index contributed by atoms with van der Waals surface area (Å²) in [5, 5.41) is 18.5. The molecular formula is C5H10NO6P. The lowest BCUT2D eigenvalue weighted by atomic mass is 10.7. The highest BCUT2D eigenvalue weighted by molar-refractivity contribution is 7.58. The number of carboxylic acids is 2. The molecule has 0 aromatic heterocycles. The molecule has 13 heavy (non-hydrogen) atoms. The molecule has 1 unspecified atom stereocenters. The molecule has 0 aliphatic rings. The Morgan fingerprint density at radius 3 is 2.15 bits per heavy atom. The first kappa shape index (κ1) is 12.1. The smallest absolute Gasteiger partial charge is 0.317 e. The second kappa shape index (κ2) is 4.96. The van der Waals surface area contributed by atoms with Gasteiger partial charge in [0.2, 0.25) is 7.37 Å². The predicted octanol–water partition coefficient (Wildman–Crippen LogP) is -1.03. The zero-order chi connectivity index (χ0) is 10.5. The Morgan fingerprint density at radius 2 is 1.77 bits per heavy atom. The summed E-state index contributed by atoms with van der Waals surface area (Å²) in [5.41, 5.74) is 0. The minimum Gasteiger partial charge on any atom is -0.481 e. The lowest BCUT2D eigenvalue weighted by Crippen LogP contribution is -2.24. The highest BCUT2D eigenvalue weighted by Gasteiger charge is 2.21. The van der Waals surface area contributed by atoms with E-state index in [1.54, 1.807) is 0 Å². The molecule has 7 nitrogen and oxygen atoms in total. The maximum Gasteiger partial charge on any atom is 0.317 e. The van der Waals surface area contributed by atoms with Gasteiger partial charge in [0.05, 0.1) is 12.8 Å². The molecule has 76 valence electrons. The van der Waals surface area contributed by atoms with Crippen LogP contribution >= 0.6 is 7.37 Å². The van der Waals surface area contributed by atoms with Gasteiger partial charge in [-0.1, -0.05) is 0 Å². The van der Waals surface area contributed by atoms with Gasteiger partial charge in [-0.2, -0.15) is 0 Å². The van der Waals surface area contributed by atoms with Crippen molar-refractivity contribution in [3.8, 4) is 0 Å². The van der Waals surface area contributed by atoms with Crippen LogP contribution in [-0.4, -0.2) is 46.0 Å². The van der Waals surface area contributed by atoms with Crippen molar-refractivity contribution in [3.63, 3.8) is 0 Å². The molecule has 0 aromatic carbocycles. The molecule has 0 radical (unpaired) electrons. The first-order chi connectivity index (χ1) is 5.83. The van der Waals surface area contributed by atoms with Crippen molar-refractivity contribution >= 4 is 19.3 Å². The van der Waals surface area contributed by atoms with Crippen LogP contribution in [0.1, 0.15) is 0 Å². The van der Waals surface area contributed by atoms with E-state index in [0.29, 0.717) is 0 Å². The van der Waals surface area contributed by atoms with Crippen molar-refractivity contribution in [2.45, 2.75) is 0 Å². The quantitative estimate of drug-likeness (QED) is 0.414. The SMILES string of the molecule is O=C(O)CNCP(=O)(O)CC(=O)O.